The van der Waals surface area contributed by atoms with Gasteiger partial charge in [-0.25, -0.2) is 23.2 Å². The lowest BCUT2D eigenvalue weighted by Crippen LogP contribution is -2.51. The molecule has 2 atom stereocenters. The summed E-state index contributed by atoms with van der Waals surface area (Å²) < 4.78 is 46.1. The van der Waals surface area contributed by atoms with E-state index in [2.05, 4.69) is 5.32 Å². The molecule has 0 aliphatic carbocycles. The number of alkyl carbamates (subject to hydrolysis) is 1. The van der Waals surface area contributed by atoms with Gasteiger partial charge in [0.1, 0.15) is 17.8 Å². The Kier molecular flexibility index (Phi) is 9.64. The molecule has 1 saturated heterocycles. The molecular weight excluding hydrogens is 642 g/mol. The molecule has 2 amide bonds. The lowest BCUT2D eigenvalue weighted by molar-refractivity contribution is -0.0612. The van der Waals surface area contributed by atoms with E-state index >= 15 is 0 Å². The van der Waals surface area contributed by atoms with Gasteiger partial charge >= 0.3 is 18.2 Å². The van der Waals surface area contributed by atoms with Gasteiger partial charge in [0, 0.05) is 37.5 Å². The van der Waals surface area contributed by atoms with Crippen LogP contribution in [0.4, 0.5) is 18.4 Å². The maximum Gasteiger partial charge on any atom is 0.410 e. The third kappa shape index (κ3) is 7.20. The molecule has 0 aromatic heterocycles. The molecule has 10 heteroatoms. The highest BCUT2D eigenvalue weighted by molar-refractivity contribution is 5.95. The van der Waals surface area contributed by atoms with E-state index < -0.39 is 46.9 Å². The number of esters is 1. The van der Waals surface area contributed by atoms with Gasteiger partial charge in [-0.05, 0) is 79.6 Å². The number of piperidine rings is 1. The third-order valence-corrected chi connectivity index (χ3v) is 9.23. The predicted molar refractivity (Wildman–Crippen MR) is 184 cm³/mol. The zero-order chi connectivity index (χ0) is 35.6. The lowest BCUT2D eigenvalue weighted by atomic mass is 9.71. The van der Waals surface area contributed by atoms with Gasteiger partial charge in [0.2, 0.25) is 0 Å². The highest BCUT2D eigenvalue weighted by atomic mass is 19.2. The van der Waals surface area contributed by atoms with E-state index in [1.54, 1.807) is 25.7 Å². The van der Waals surface area contributed by atoms with E-state index in [9.17, 15) is 23.2 Å². The van der Waals surface area contributed by atoms with Gasteiger partial charge in [-0.3, -0.25) is 0 Å². The second-order valence-electron chi connectivity index (χ2n) is 13.8. The first kappa shape index (κ1) is 34.6. The predicted octanol–water partition coefficient (Wildman–Crippen LogP) is 8.20. The number of halogens is 2. The highest BCUT2D eigenvalue weighted by Gasteiger charge is 2.55. The molecule has 50 heavy (non-hydrogen) atoms. The molecule has 0 radical (unpaired) electrons. The van der Waals surface area contributed by atoms with E-state index in [-0.39, 0.29) is 37.2 Å². The van der Waals surface area contributed by atoms with Crippen molar-refractivity contribution < 1.29 is 37.4 Å². The van der Waals surface area contributed by atoms with Crippen LogP contribution in [0.15, 0.2) is 84.9 Å². The van der Waals surface area contributed by atoms with Crippen molar-refractivity contribution in [1.29, 1.82) is 0 Å². The fourth-order valence-electron chi connectivity index (χ4n) is 6.89. The summed E-state index contributed by atoms with van der Waals surface area (Å²) in [5, 5.41) is 2.82. The number of nitrogens with zero attached hydrogens (tertiary/aromatic N) is 1. The number of aryl methyl sites for hydroxylation is 1. The van der Waals surface area contributed by atoms with Crippen LogP contribution in [0, 0.1) is 18.6 Å². The van der Waals surface area contributed by atoms with Crippen molar-refractivity contribution in [3.63, 3.8) is 0 Å². The molecular formula is C40H40F2N2O6. The quantitative estimate of drug-likeness (QED) is 0.156. The molecule has 0 saturated carbocycles. The first-order valence-electron chi connectivity index (χ1n) is 16.7. The number of hydrogen-bond acceptors (Lipinski definition) is 6. The number of amides is 2. The molecule has 1 fully saturated rings. The van der Waals surface area contributed by atoms with Gasteiger partial charge in [-0.2, -0.15) is 0 Å². The molecule has 260 valence electrons. The number of rotatable bonds is 7. The van der Waals surface area contributed by atoms with Crippen molar-refractivity contribution >= 4 is 18.2 Å². The van der Waals surface area contributed by atoms with Crippen LogP contribution in [0.5, 0.6) is 0 Å². The Morgan fingerprint density at radius 2 is 1.68 bits per heavy atom. The van der Waals surface area contributed by atoms with Crippen LogP contribution in [-0.4, -0.2) is 48.3 Å². The minimum Gasteiger partial charge on any atom is -0.450 e. The zero-order valence-electron chi connectivity index (χ0n) is 28.6. The summed E-state index contributed by atoms with van der Waals surface area (Å²) in [7, 11) is 0. The number of benzene rings is 4. The van der Waals surface area contributed by atoms with Gasteiger partial charge < -0.3 is 24.4 Å². The molecule has 8 nitrogen and oxygen atoms in total. The Morgan fingerprint density at radius 1 is 0.960 bits per heavy atom. The number of fused-ring (bicyclic) bond motifs is 2. The SMILES string of the molecule is Cc1cc(-c2ccccc2CCNC(=O)OCc2ccccc2)ccc1[C@H]1CN(C(=O)OC(C)(C)C)CC[C@@]12OC(=O)c1cc(F)c(F)cc12. The normalized spacial score (nSPS) is 18.4. The fraction of sp³-hybridized carbons (Fsp3) is 0.325. The first-order chi connectivity index (χ1) is 23.8. The monoisotopic (exact) mass is 682 g/mol. The minimum absolute atomic E-state index is 0.0135. The Morgan fingerprint density at radius 3 is 2.42 bits per heavy atom. The highest BCUT2D eigenvalue weighted by Crippen LogP contribution is 2.52. The number of nitrogens with one attached hydrogen (secondary N) is 1. The summed E-state index contributed by atoms with van der Waals surface area (Å²) in [5.41, 5.74) is 3.71. The summed E-state index contributed by atoms with van der Waals surface area (Å²) in [6.07, 6.45) is -0.271. The molecule has 1 N–H and O–H groups in total. The number of ether oxygens (including phenoxy) is 3. The van der Waals surface area contributed by atoms with Crippen molar-refractivity contribution in [2.24, 2.45) is 0 Å². The molecule has 4 aromatic carbocycles. The Bertz CT molecular complexity index is 1930. The van der Waals surface area contributed by atoms with Gasteiger partial charge in [0.25, 0.3) is 0 Å². The largest absolute Gasteiger partial charge is 0.450 e. The van der Waals surface area contributed by atoms with Gasteiger partial charge in [0.15, 0.2) is 11.6 Å². The summed E-state index contributed by atoms with van der Waals surface area (Å²) in [4.78, 5) is 40.3. The number of carbonyl (C=O) groups excluding carboxylic acids is 3. The van der Waals surface area contributed by atoms with E-state index in [0.717, 1.165) is 45.5 Å². The van der Waals surface area contributed by atoms with Crippen LogP contribution in [0.25, 0.3) is 11.1 Å². The van der Waals surface area contributed by atoms with Crippen molar-refractivity contribution in [3.05, 3.63) is 130 Å². The number of likely N-dealkylation sites (tertiary alicyclic amines) is 1. The average molecular weight is 683 g/mol. The van der Waals surface area contributed by atoms with Crippen LogP contribution in [0.2, 0.25) is 0 Å². The van der Waals surface area contributed by atoms with Crippen molar-refractivity contribution in [2.45, 2.75) is 64.3 Å². The molecule has 2 aliphatic rings. The smallest absolute Gasteiger partial charge is 0.410 e. The molecule has 0 unspecified atom stereocenters. The standard InChI is InChI=1S/C40H40F2N2O6/c1-25-20-28(30-13-9-8-12-27(30)16-18-43-37(46)48-24-26-10-6-5-7-11-26)14-15-29(25)33-23-44(38(47)50-39(2,3)4)19-17-40(33)32-22-35(42)34(41)21-31(32)36(45)49-40/h5-15,20-22,33H,16-19,23-24H2,1-4H3,(H,43,46)/t33-,40+/m1/s1. The molecule has 1 spiro atoms. The second-order valence-corrected chi connectivity index (χ2v) is 13.8. The third-order valence-electron chi connectivity index (χ3n) is 9.23. The van der Waals surface area contributed by atoms with Crippen LogP contribution in [-0.2, 0) is 32.8 Å². The van der Waals surface area contributed by atoms with Crippen molar-refractivity contribution in [1.82, 2.24) is 10.2 Å². The Labute approximate surface area is 290 Å². The average Bonchev–Trinajstić information content (AvgIpc) is 3.34. The summed E-state index contributed by atoms with van der Waals surface area (Å²) in [5.74, 6) is -3.53. The lowest BCUT2D eigenvalue weighted by Gasteiger charge is -2.45. The van der Waals surface area contributed by atoms with Gasteiger partial charge in [-0.1, -0.05) is 72.8 Å². The molecule has 6 rings (SSSR count). The maximum absolute atomic E-state index is 14.7. The minimum atomic E-state index is -1.32. The topological polar surface area (TPSA) is 94.2 Å². The van der Waals surface area contributed by atoms with E-state index in [0.29, 0.717) is 13.0 Å². The summed E-state index contributed by atoms with van der Waals surface area (Å²) in [6, 6.07) is 25.2. The molecule has 2 heterocycles. The van der Waals surface area contributed by atoms with E-state index in [4.69, 9.17) is 14.2 Å². The van der Waals surface area contributed by atoms with Crippen LogP contribution in [0.3, 0.4) is 0 Å². The fourth-order valence-corrected chi connectivity index (χ4v) is 6.89. The van der Waals surface area contributed by atoms with Gasteiger partial charge in [-0.15, -0.1) is 0 Å². The Hall–Kier alpha value is -5.25. The molecule has 2 aliphatic heterocycles. The first-order valence-corrected chi connectivity index (χ1v) is 16.7. The zero-order valence-corrected chi connectivity index (χ0v) is 28.6. The number of hydrogen-bond donors (Lipinski definition) is 1. The van der Waals surface area contributed by atoms with Crippen LogP contribution >= 0.6 is 0 Å². The van der Waals surface area contributed by atoms with E-state index in [1.165, 1.54) is 0 Å². The molecule has 0 bridgehead atoms. The maximum atomic E-state index is 14.7. The van der Waals surface area contributed by atoms with Crippen molar-refractivity contribution in [2.75, 3.05) is 19.6 Å². The van der Waals surface area contributed by atoms with E-state index in [1.807, 2.05) is 79.7 Å². The van der Waals surface area contributed by atoms with Crippen molar-refractivity contribution in [3.8, 4) is 11.1 Å². The number of carbonyl (C=O) groups is 3. The second kappa shape index (κ2) is 13.9. The summed E-state index contributed by atoms with van der Waals surface area (Å²) in [6.45, 7) is 8.17. The summed E-state index contributed by atoms with van der Waals surface area (Å²) >= 11 is 0. The van der Waals surface area contributed by atoms with Crippen LogP contribution in [0.1, 0.15) is 71.3 Å². The van der Waals surface area contributed by atoms with Gasteiger partial charge in [0.05, 0.1) is 5.56 Å². The molecule has 4 aromatic rings. The van der Waals surface area contributed by atoms with Crippen LogP contribution < -0.4 is 5.32 Å². The Balaban J connectivity index is 1.26.